The molecule has 0 aromatic rings. The van der Waals surface area contributed by atoms with E-state index in [1.807, 2.05) is 5.43 Å². The average molecular weight is 234 g/mol. The van der Waals surface area contributed by atoms with Crippen molar-refractivity contribution in [1.29, 1.82) is 0 Å². The third kappa shape index (κ3) is 9.07. The first kappa shape index (κ1) is 13.8. The van der Waals surface area contributed by atoms with Crippen molar-refractivity contribution >= 4 is 28.9 Å². The van der Waals surface area contributed by atoms with Gasteiger partial charge in [-0.2, -0.15) is 5.10 Å². The lowest BCUT2D eigenvalue weighted by Gasteiger charge is -2.01. The second-order valence-electron chi connectivity index (χ2n) is 2.45. The molecular formula is C8H14N2O4S. The molecule has 0 fully saturated rings. The van der Waals surface area contributed by atoms with Gasteiger partial charge in [0, 0.05) is 5.75 Å². The first-order valence-electron chi connectivity index (χ1n) is 4.38. The number of carbonyl (C=O) groups is 2. The van der Waals surface area contributed by atoms with Crippen LogP contribution in [0.1, 0.15) is 20.3 Å². The van der Waals surface area contributed by atoms with Gasteiger partial charge in [0.2, 0.25) is 0 Å². The van der Waals surface area contributed by atoms with Crippen LogP contribution in [0.2, 0.25) is 0 Å². The number of thioether (sulfide) groups is 1. The lowest BCUT2D eigenvalue weighted by atomic mass is 10.5. The first-order valence-corrected chi connectivity index (χ1v) is 5.36. The number of ether oxygens (including phenoxy) is 1. The average Bonchev–Trinajstić information content (AvgIpc) is 2.15. The highest BCUT2D eigenvalue weighted by molar-refractivity contribution is 8.13. The van der Waals surface area contributed by atoms with E-state index in [4.69, 9.17) is 9.84 Å². The minimum atomic E-state index is -1.21. The zero-order chi connectivity index (χ0) is 11.7. The second kappa shape index (κ2) is 8.10. The Morgan fingerprint density at radius 3 is 2.73 bits per heavy atom. The molecule has 1 amide bonds. The Labute approximate surface area is 92.1 Å². The van der Waals surface area contributed by atoms with E-state index in [1.165, 1.54) is 11.8 Å². The quantitative estimate of drug-likeness (QED) is 0.324. The van der Waals surface area contributed by atoms with Crippen LogP contribution >= 0.6 is 11.8 Å². The number of nitrogens with zero attached hydrogens (tertiary/aromatic N) is 1. The van der Waals surface area contributed by atoms with E-state index in [1.54, 1.807) is 13.8 Å². The number of hydrogen-bond acceptors (Lipinski definition) is 5. The van der Waals surface area contributed by atoms with Crippen molar-refractivity contribution < 1.29 is 19.4 Å². The van der Waals surface area contributed by atoms with E-state index < -0.39 is 6.09 Å². The van der Waals surface area contributed by atoms with Crippen molar-refractivity contribution in [2.75, 3.05) is 12.4 Å². The largest absolute Gasteiger partial charge is 0.466 e. The maximum Gasteiger partial charge on any atom is 0.425 e. The van der Waals surface area contributed by atoms with Crippen LogP contribution in [-0.4, -0.2) is 34.6 Å². The van der Waals surface area contributed by atoms with Crippen LogP contribution in [-0.2, 0) is 9.53 Å². The Balaban J connectivity index is 3.62. The Bertz CT molecular complexity index is 255. The fraction of sp³-hybridized carbons (Fsp3) is 0.625. The molecule has 0 rings (SSSR count). The summed E-state index contributed by atoms with van der Waals surface area (Å²) in [7, 11) is 0. The fourth-order valence-corrected chi connectivity index (χ4v) is 1.35. The summed E-state index contributed by atoms with van der Waals surface area (Å²) in [6, 6.07) is 0. The van der Waals surface area contributed by atoms with Crippen LogP contribution in [0.15, 0.2) is 5.10 Å². The van der Waals surface area contributed by atoms with Gasteiger partial charge in [0.1, 0.15) is 0 Å². The number of hydrazone groups is 1. The van der Waals surface area contributed by atoms with Gasteiger partial charge in [-0.05, 0) is 13.8 Å². The van der Waals surface area contributed by atoms with Crippen molar-refractivity contribution in [2.24, 2.45) is 5.10 Å². The number of esters is 1. The summed E-state index contributed by atoms with van der Waals surface area (Å²) in [6.07, 6.45) is -0.918. The van der Waals surface area contributed by atoms with E-state index in [0.29, 0.717) is 23.8 Å². The van der Waals surface area contributed by atoms with Crippen molar-refractivity contribution in [3.63, 3.8) is 0 Å². The van der Waals surface area contributed by atoms with Gasteiger partial charge in [-0.25, -0.2) is 10.2 Å². The highest BCUT2D eigenvalue weighted by Gasteiger charge is 2.02. The molecule has 0 saturated carbocycles. The molecule has 6 nitrogen and oxygen atoms in total. The van der Waals surface area contributed by atoms with Crippen molar-refractivity contribution in [3.8, 4) is 0 Å². The van der Waals surface area contributed by atoms with Crippen LogP contribution in [0, 0.1) is 0 Å². The Morgan fingerprint density at radius 1 is 1.53 bits per heavy atom. The molecule has 0 aliphatic heterocycles. The highest BCUT2D eigenvalue weighted by atomic mass is 32.2. The number of carboxylic acid groups (broad SMARTS) is 1. The smallest absolute Gasteiger partial charge is 0.425 e. The van der Waals surface area contributed by atoms with Crippen LogP contribution in [0.3, 0.4) is 0 Å². The van der Waals surface area contributed by atoms with Crippen LogP contribution in [0.5, 0.6) is 0 Å². The fourth-order valence-electron chi connectivity index (χ4n) is 0.674. The summed E-state index contributed by atoms with van der Waals surface area (Å²) in [5.41, 5.74) is 1.88. The molecule has 86 valence electrons. The third-order valence-corrected chi connectivity index (χ3v) is 2.15. The topological polar surface area (TPSA) is 88.0 Å². The summed E-state index contributed by atoms with van der Waals surface area (Å²) in [5, 5.41) is 12.3. The monoisotopic (exact) mass is 234 g/mol. The molecule has 0 saturated heterocycles. The maximum absolute atomic E-state index is 10.9. The van der Waals surface area contributed by atoms with Gasteiger partial charge in [-0.3, -0.25) is 4.79 Å². The number of nitrogens with one attached hydrogen (secondary N) is 1. The SMILES string of the molecule is CCOC(=O)CCS/C(C)=N/NC(=O)O. The molecule has 0 spiro atoms. The van der Waals surface area contributed by atoms with Gasteiger partial charge in [0.05, 0.1) is 18.1 Å². The lowest BCUT2D eigenvalue weighted by Crippen LogP contribution is -2.15. The normalized spacial score (nSPS) is 10.9. The Hall–Kier alpha value is -1.24. The standard InChI is InChI=1S/C8H14N2O4S/c1-3-14-7(11)4-5-15-6(2)9-10-8(12)13/h10H,3-5H2,1-2H3,(H,12,13)/b9-6+. The summed E-state index contributed by atoms with van der Waals surface area (Å²) in [4.78, 5) is 21.0. The van der Waals surface area contributed by atoms with Crippen LogP contribution < -0.4 is 5.43 Å². The van der Waals surface area contributed by atoms with Gasteiger partial charge in [0.15, 0.2) is 0 Å². The molecule has 0 aromatic heterocycles. The Kier molecular flexibility index (Phi) is 7.43. The maximum atomic E-state index is 10.9. The lowest BCUT2D eigenvalue weighted by molar-refractivity contribution is -0.142. The van der Waals surface area contributed by atoms with Gasteiger partial charge >= 0.3 is 12.1 Å². The molecule has 0 unspecified atom stereocenters. The first-order chi connectivity index (χ1) is 7.06. The molecule has 0 atom stereocenters. The predicted octanol–water partition coefficient (Wildman–Crippen LogP) is 1.27. The predicted molar refractivity (Wildman–Crippen MR) is 58.0 cm³/mol. The van der Waals surface area contributed by atoms with Gasteiger partial charge in [-0.15, -0.1) is 11.8 Å². The van der Waals surface area contributed by atoms with E-state index in [-0.39, 0.29) is 5.97 Å². The third-order valence-electron chi connectivity index (χ3n) is 1.23. The molecular weight excluding hydrogens is 220 g/mol. The van der Waals surface area contributed by atoms with Gasteiger partial charge in [-0.1, -0.05) is 0 Å². The summed E-state index contributed by atoms with van der Waals surface area (Å²) >= 11 is 1.30. The molecule has 0 radical (unpaired) electrons. The number of carbonyl (C=O) groups excluding carboxylic acids is 1. The van der Waals surface area contributed by atoms with Gasteiger partial charge in [0.25, 0.3) is 0 Å². The zero-order valence-electron chi connectivity index (χ0n) is 8.65. The minimum absolute atomic E-state index is 0.260. The van der Waals surface area contributed by atoms with Crippen molar-refractivity contribution in [1.82, 2.24) is 5.43 Å². The van der Waals surface area contributed by atoms with E-state index in [0.717, 1.165) is 0 Å². The zero-order valence-corrected chi connectivity index (χ0v) is 9.47. The molecule has 15 heavy (non-hydrogen) atoms. The van der Waals surface area contributed by atoms with E-state index in [2.05, 4.69) is 5.10 Å². The minimum Gasteiger partial charge on any atom is -0.466 e. The molecule has 0 aliphatic carbocycles. The second-order valence-corrected chi connectivity index (χ2v) is 3.74. The number of rotatable bonds is 5. The molecule has 7 heteroatoms. The molecule has 0 heterocycles. The summed E-state index contributed by atoms with van der Waals surface area (Å²) < 4.78 is 4.72. The van der Waals surface area contributed by atoms with E-state index >= 15 is 0 Å². The molecule has 0 aliphatic rings. The highest BCUT2D eigenvalue weighted by Crippen LogP contribution is 2.05. The molecule has 2 N–H and O–H groups in total. The van der Waals surface area contributed by atoms with E-state index in [9.17, 15) is 9.59 Å². The molecule has 0 bridgehead atoms. The van der Waals surface area contributed by atoms with Crippen molar-refractivity contribution in [2.45, 2.75) is 20.3 Å². The van der Waals surface area contributed by atoms with Crippen LogP contribution in [0.4, 0.5) is 4.79 Å². The Morgan fingerprint density at radius 2 is 2.20 bits per heavy atom. The number of hydrogen-bond donors (Lipinski definition) is 2. The number of amides is 1. The van der Waals surface area contributed by atoms with Crippen LogP contribution in [0.25, 0.3) is 0 Å². The van der Waals surface area contributed by atoms with Crippen molar-refractivity contribution in [3.05, 3.63) is 0 Å². The molecule has 0 aromatic carbocycles. The van der Waals surface area contributed by atoms with Gasteiger partial charge < -0.3 is 9.84 Å². The summed E-state index contributed by atoms with van der Waals surface area (Å²) in [6.45, 7) is 3.78. The summed E-state index contributed by atoms with van der Waals surface area (Å²) in [5.74, 6) is 0.263.